The zero-order valence-corrected chi connectivity index (χ0v) is 12.8. The summed E-state index contributed by atoms with van der Waals surface area (Å²) in [5, 5.41) is 4.77. The summed E-state index contributed by atoms with van der Waals surface area (Å²) in [6, 6.07) is 13.1. The van der Waals surface area contributed by atoms with Crippen molar-refractivity contribution in [3.8, 4) is 0 Å². The molecule has 0 atom stereocenters. The van der Waals surface area contributed by atoms with Gasteiger partial charge in [0.05, 0.1) is 5.56 Å². The first-order valence-electron chi connectivity index (χ1n) is 7.63. The van der Waals surface area contributed by atoms with E-state index in [0.717, 1.165) is 30.0 Å². The van der Waals surface area contributed by atoms with Crippen LogP contribution < -0.4 is 5.32 Å². The summed E-state index contributed by atoms with van der Waals surface area (Å²) in [4.78, 5) is 23.5. The maximum absolute atomic E-state index is 12.0. The summed E-state index contributed by atoms with van der Waals surface area (Å²) < 4.78 is 5.04. The first kappa shape index (κ1) is 16.0. The smallest absolute Gasteiger partial charge is 0.338 e. The number of unbranched alkanes of at least 4 members (excludes halogenated alkanes) is 2. The van der Waals surface area contributed by atoms with Crippen LogP contribution >= 0.6 is 0 Å². The number of amides is 1. The molecule has 2 rings (SSSR count). The Morgan fingerprint density at radius 3 is 2.59 bits per heavy atom. The largest absolute Gasteiger partial charge is 0.452 e. The fourth-order valence-corrected chi connectivity index (χ4v) is 2.18. The van der Waals surface area contributed by atoms with E-state index in [1.54, 1.807) is 12.1 Å². The SMILES string of the molecule is CCCCCNC(=O)COC(=O)c1ccc2ccccc2c1. The molecule has 0 bridgehead atoms. The molecular weight excluding hydrogens is 278 g/mol. The molecule has 0 saturated heterocycles. The predicted octanol–water partition coefficient (Wildman–Crippen LogP) is 3.30. The molecule has 4 heteroatoms. The van der Waals surface area contributed by atoms with Crippen molar-refractivity contribution in [2.45, 2.75) is 26.2 Å². The maximum Gasteiger partial charge on any atom is 0.338 e. The molecule has 0 saturated carbocycles. The normalized spacial score (nSPS) is 10.4. The van der Waals surface area contributed by atoms with E-state index in [2.05, 4.69) is 12.2 Å². The Balaban J connectivity index is 1.84. The number of nitrogens with one attached hydrogen (secondary N) is 1. The Labute approximate surface area is 130 Å². The number of hydrogen-bond acceptors (Lipinski definition) is 3. The fraction of sp³-hybridized carbons (Fsp3) is 0.333. The minimum absolute atomic E-state index is 0.238. The molecule has 0 aliphatic heterocycles. The number of esters is 1. The molecule has 1 N–H and O–H groups in total. The van der Waals surface area contributed by atoms with Crippen molar-refractivity contribution in [3.63, 3.8) is 0 Å². The van der Waals surface area contributed by atoms with Crippen LogP contribution in [0, 0.1) is 0 Å². The first-order valence-corrected chi connectivity index (χ1v) is 7.63. The molecule has 116 valence electrons. The van der Waals surface area contributed by atoms with Gasteiger partial charge in [0.2, 0.25) is 0 Å². The standard InChI is InChI=1S/C18H21NO3/c1-2-3-6-11-19-17(20)13-22-18(21)16-10-9-14-7-4-5-8-15(14)12-16/h4-5,7-10,12H,2-3,6,11,13H2,1H3,(H,19,20). The molecule has 0 aliphatic rings. The van der Waals surface area contributed by atoms with Crippen molar-refractivity contribution in [3.05, 3.63) is 48.0 Å². The third-order valence-electron chi connectivity index (χ3n) is 3.42. The van der Waals surface area contributed by atoms with Crippen LogP contribution in [0.2, 0.25) is 0 Å². The van der Waals surface area contributed by atoms with E-state index in [1.165, 1.54) is 0 Å². The van der Waals surface area contributed by atoms with Crippen LogP contribution in [-0.4, -0.2) is 25.0 Å². The van der Waals surface area contributed by atoms with E-state index in [4.69, 9.17) is 4.74 Å². The molecule has 2 aromatic carbocycles. The number of carbonyl (C=O) groups is 2. The van der Waals surface area contributed by atoms with Crippen LogP contribution in [0.1, 0.15) is 36.5 Å². The molecule has 0 radical (unpaired) electrons. The maximum atomic E-state index is 12.0. The zero-order valence-electron chi connectivity index (χ0n) is 12.8. The summed E-state index contributed by atoms with van der Waals surface area (Å²) in [6.07, 6.45) is 3.13. The highest BCUT2D eigenvalue weighted by molar-refractivity contribution is 5.96. The van der Waals surface area contributed by atoms with Crippen LogP contribution in [0.3, 0.4) is 0 Å². The third kappa shape index (κ3) is 4.58. The highest BCUT2D eigenvalue weighted by Gasteiger charge is 2.10. The number of fused-ring (bicyclic) bond motifs is 1. The van der Waals surface area contributed by atoms with E-state index in [0.29, 0.717) is 12.1 Å². The van der Waals surface area contributed by atoms with Gasteiger partial charge in [0.15, 0.2) is 6.61 Å². The highest BCUT2D eigenvalue weighted by Crippen LogP contribution is 2.16. The van der Waals surface area contributed by atoms with Crippen LogP contribution in [0.5, 0.6) is 0 Å². The fourth-order valence-electron chi connectivity index (χ4n) is 2.18. The Hall–Kier alpha value is -2.36. The van der Waals surface area contributed by atoms with Gasteiger partial charge < -0.3 is 10.1 Å². The molecule has 1 amide bonds. The van der Waals surface area contributed by atoms with Gasteiger partial charge in [0.25, 0.3) is 5.91 Å². The second-order valence-electron chi connectivity index (χ2n) is 5.20. The van der Waals surface area contributed by atoms with Crippen LogP contribution in [0.4, 0.5) is 0 Å². The molecule has 0 spiro atoms. The van der Waals surface area contributed by atoms with Crippen molar-refractivity contribution in [1.82, 2.24) is 5.32 Å². The molecular formula is C18H21NO3. The molecule has 4 nitrogen and oxygen atoms in total. The minimum Gasteiger partial charge on any atom is -0.452 e. The van der Waals surface area contributed by atoms with Crippen molar-refractivity contribution < 1.29 is 14.3 Å². The average molecular weight is 299 g/mol. The lowest BCUT2D eigenvalue weighted by Gasteiger charge is -2.07. The number of carbonyl (C=O) groups excluding carboxylic acids is 2. The number of ether oxygens (including phenoxy) is 1. The zero-order chi connectivity index (χ0) is 15.8. The van der Waals surface area contributed by atoms with Crippen molar-refractivity contribution in [1.29, 1.82) is 0 Å². The number of benzene rings is 2. The van der Waals surface area contributed by atoms with Crippen molar-refractivity contribution in [2.24, 2.45) is 0 Å². The summed E-state index contributed by atoms with van der Waals surface area (Å²) in [6.45, 7) is 2.49. The highest BCUT2D eigenvalue weighted by atomic mass is 16.5. The van der Waals surface area contributed by atoms with E-state index in [1.807, 2.05) is 30.3 Å². The molecule has 2 aromatic rings. The lowest BCUT2D eigenvalue weighted by Crippen LogP contribution is -2.29. The quantitative estimate of drug-likeness (QED) is 0.630. The number of hydrogen-bond donors (Lipinski definition) is 1. The van der Waals surface area contributed by atoms with Gasteiger partial charge in [-0.25, -0.2) is 4.79 Å². The second kappa shape index (κ2) is 8.17. The van der Waals surface area contributed by atoms with E-state index in [-0.39, 0.29) is 12.5 Å². The van der Waals surface area contributed by atoms with E-state index < -0.39 is 5.97 Å². The van der Waals surface area contributed by atoms with E-state index >= 15 is 0 Å². The van der Waals surface area contributed by atoms with Crippen LogP contribution in [-0.2, 0) is 9.53 Å². The topological polar surface area (TPSA) is 55.4 Å². The van der Waals surface area contributed by atoms with Gasteiger partial charge in [-0.05, 0) is 29.3 Å². The lowest BCUT2D eigenvalue weighted by atomic mass is 10.1. The first-order chi connectivity index (χ1) is 10.7. The van der Waals surface area contributed by atoms with Gasteiger partial charge in [-0.3, -0.25) is 4.79 Å². The Morgan fingerprint density at radius 2 is 1.82 bits per heavy atom. The summed E-state index contributed by atoms with van der Waals surface area (Å²) in [5.74, 6) is -0.736. The lowest BCUT2D eigenvalue weighted by molar-refractivity contribution is -0.124. The summed E-state index contributed by atoms with van der Waals surface area (Å²) in [7, 11) is 0. The molecule has 0 aromatic heterocycles. The van der Waals surface area contributed by atoms with Crippen LogP contribution in [0.25, 0.3) is 10.8 Å². The van der Waals surface area contributed by atoms with Gasteiger partial charge in [0.1, 0.15) is 0 Å². The predicted molar refractivity (Wildman–Crippen MR) is 86.8 cm³/mol. The molecule has 0 heterocycles. The van der Waals surface area contributed by atoms with Gasteiger partial charge in [-0.2, -0.15) is 0 Å². The van der Waals surface area contributed by atoms with Gasteiger partial charge >= 0.3 is 5.97 Å². The Kier molecular flexibility index (Phi) is 5.95. The van der Waals surface area contributed by atoms with Crippen LogP contribution in [0.15, 0.2) is 42.5 Å². The van der Waals surface area contributed by atoms with Gasteiger partial charge in [-0.15, -0.1) is 0 Å². The Morgan fingerprint density at radius 1 is 1.05 bits per heavy atom. The monoisotopic (exact) mass is 299 g/mol. The van der Waals surface area contributed by atoms with Gasteiger partial charge in [0, 0.05) is 6.54 Å². The molecule has 0 unspecified atom stereocenters. The van der Waals surface area contributed by atoms with Crippen molar-refractivity contribution in [2.75, 3.05) is 13.2 Å². The Bertz CT molecular complexity index is 652. The molecule has 22 heavy (non-hydrogen) atoms. The minimum atomic E-state index is -0.477. The van der Waals surface area contributed by atoms with Crippen molar-refractivity contribution >= 4 is 22.6 Å². The summed E-state index contributed by atoms with van der Waals surface area (Å²) in [5.41, 5.74) is 0.456. The average Bonchev–Trinajstić information content (AvgIpc) is 2.56. The second-order valence-corrected chi connectivity index (χ2v) is 5.20. The van der Waals surface area contributed by atoms with E-state index in [9.17, 15) is 9.59 Å². The van der Waals surface area contributed by atoms with Gasteiger partial charge in [-0.1, -0.05) is 50.1 Å². The number of rotatable bonds is 7. The summed E-state index contributed by atoms with van der Waals surface area (Å²) >= 11 is 0. The molecule has 0 aliphatic carbocycles. The molecule has 0 fully saturated rings. The third-order valence-corrected chi connectivity index (χ3v) is 3.42.